The van der Waals surface area contributed by atoms with E-state index in [2.05, 4.69) is 71.8 Å². The van der Waals surface area contributed by atoms with Crippen molar-refractivity contribution in [3.05, 3.63) is 23.2 Å². The molecule has 1 heterocycles. The number of nitrogens with zero attached hydrogens (tertiary/aromatic N) is 1. The summed E-state index contributed by atoms with van der Waals surface area (Å²) in [5.74, 6) is 2.06. The van der Waals surface area contributed by atoms with Gasteiger partial charge in [0.1, 0.15) is 11.5 Å². The molecule has 20 heavy (non-hydrogen) atoms. The minimum Gasteiger partial charge on any atom is -0.465 e. The molecule has 0 fully saturated rings. The molecule has 0 aliphatic carbocycles. The molecule has 1 N–H and O–H groups in total. The zero-order chi connectivity index (χ0) is 15.6. The van der Waals surface area contributed by atoms with Gasteiger partial charge in [0.05, 0.1) is 6.54 Å². The number of hydrogen-bond acceptors (Lipinski definition) is 3. The average Bonchev–Trinajstić information content (AvgIpc) is 2.67. The van der Waals surface area contributed by atoms with Crippen LogP contribution in [0, 0.1) is 6.92 Å². The SMILES string of the molecule is CCC(C)(C)N(C)Cc1cc(CNC(C)(C)C)oc1C. The van der Waals surface area contributed by atoms with Gasteiger partial charge in [-0.2, -0.15) is 0 Å². The van der Waals surface area contributed by atoms with Crippen molar-refractivity contribution >= 4 is 0 Å². The maximum absolute atomic E-state index is 5.87. The molecule has 0 aliphatic heterocycles. The molecule has 0 radical (unpaired) electrons. The summed E-state index contributed by atoms with van der Waals surface area (Å²) in [6.45, 7) is 17.1. The lowest BCUT2D eigenvalue weighted by Crippen LogP contribution is -2.39. The van der Waals surface area contributed by atoms with E-state index in [1.54, 1.807) is 0 Å². The lowest BCUT2D eigenvalue weighted by atomic mass is 9.99. The summed E-state index contributed by atoms with van der Waals surface area (Å²) < 4.78 is 5.87. The van der Waals surface area contributed by atoms with Crippen molar-refractivity contribution in [2.24, 2.45) is 0 Å². The quantitative estimate of drug-likeness (QED) is 0.850. The third kappa shape index (κ3) is 4.95. The molecule has 3 nitrogen and oxygen atoms in total. The predicted molar refractivity (Wildman–Crippen MR) is 85.9 cm³/mol. The van der Waals surface area contributed by atoms with Crippen LogP contribution in [0.4, 0.5) is 0 Å². The fraction of sp³-hybridized carbons (Fsp3) is 0.765. The highest BCUT2D eigenvalue weighted by molar-refractivity contribution is 5.21. The highest BCUT2D eigenvalue weighted by atomic mass is 16.3. The molecule has 0 bridgehead atoms. The first-order chi connectivity index (χ1) is 9.05. The summed E-state index contributed by atoms with van der Waals surface area (Å²) in [7, 11) is 2.18. The Morgan fingerprint density at radius 2 is 1.80 bits per heavy atom. The van der Waals surface area contributed by atoms with Crippen LogP contribution in [0.3, 0.4) is 0 Å². The number of nitrogens with one attached hydrogen (secondary N) is 1. The lowest BCUT2D eigenvalue weighted by molar-refractivity contribution is 0.142. The van der Waals surface area contributed by atoms with Crippen LogP contribution in [-0.4, -0.2) is 23.0 Å². The van der Waals surface area contributed by atoms with E-state index < -0.39 is 0 Å². The molecule has 0 aliphatic rings. The molecular formula is C17H32N2O. The smallest absolute Gasteiger partial charge is 0.118 e. The molecule has 0 saturated carbocycles. The van der Waals surface area contributed by atoms with Crippen molar-refractivity contribution in [2.75, 3.05) is 7.05 Å². The topological polar surface area (TPSA) is 28.4 Å². The molecule has 116 valence electrons. The van der Waals surface area contributed by atoms with Crippen molar-refractivity contribution in [3.8, 4) is 0 Å². The second kappa shape index (κ2) is 6.31. The maximum Gasteiger partial charge on any atom is 0.118 e. The lowest BCUT2D eigenvalue weighted by Gasteiger charge is -2.34. The summed E-state index contributed by atoms with van der Waals surface area (Å²) >= 11 is 0. The van der Waals surface area contributed by atoms with Gasteiger partial charge in [-0.3, -0.25) is 4.90 Å². The minimum atomic E-state index is 0.113. The molecule has 0 aromatic carbocycles. The Morgan fingerprint density at radius 3 is 2.30 bits per heavy atom. The Bertz CT molecular complexity index is 427. The molecular weight excluding hydrogens is 248 g/mol. The summed E-state index contributed by atoms with van der Waals surface area (Å²) in [5, 5.41) is 3.47. The Kier molecular flexibility index (Phi) is 5.45. The number of hydrogen-bond donors (Lipinski definition) is 1. The van der Waals surface area contributed by atoms with Gasteiger partial charge in [-0.15, -0.1) is 0 Å². The van der Waals surface area contributed by atoms with E-state index in [9.17, 15) is 0 Å². The van der Waals surface area contributed by atoms with Crippen LogP contribution in [0.15, 0.2) is 10.5 Å². The van der Waals surface area contributed by atoms with Gasteiger partial charge < -0.3 is 9.73 Å². The predicted octanol–water partition coefficient (Wildman–Crippen LogP) is 4.10. The van der Waals surface area contributed by atoms with Crippen LogP contribution >= 0.6 is 0 Å². The second-order valence-electron chi connectivity index (χ2n) is 7.42. The normalized spacial score (nSPS) is 13.2. The monoisotopic (exact) mass is 280 g/mol. The highest BCUT2D eigenvalue weighted by Crippen LogP contribution is 2.22. The Labute approximate surface area is 124 Å². The summed E-state index contributed by atoms with van der Waals surface area (Å²) in [4.78, 5) is 2.39. The first kappa shape index (κ1) is 17.3. The van der Waals surface area contributed by atoms with E-state index in [1.165, 1.54) is 5.56 Å². The third-order valence-electron chi connectivity index (χ3n) is 4.17. The van der Waals surface area contributed by atoms with Gasteiger partial charge in [-0.25, -0.2) is 0 Å². The highest BCUT2D eigenvalue weighted by Gasteiger charge is 2.22. The van der Waals surface area contributed by atoms with Gasteiger partial charge in [-0.1, -0.05) is 6.92 Å². The summed E-state index contributed by atoms with van der Waals surface area (Å²) in [6.07, 6.45) is 1.14. The van der Waals surface area contributed by atoms with Crippen molar-refractivity contribution < 1.29 is 4.42 Å². The van der Waals surface area contributed by atoms with Crippen molar-refractivity contribution in [1.82, 2.24) is 10.2 Å². The van der Waals surface area contributed by atoms with Crippen LogP contribution in [0.2, 0.25) is 0 Å². The van der Waals surface area contributed by atoms with E-state index in [0.29, 0.717) is 0 Å². The molecule has 1 aromatic rings. The third-order valence-corrected chi connectivity index (χ3v) is 4.17. The minimum absolute atomic E-state index is 0.113. The molecule has 0 saturated heterocycles. The second-order valence-corrected chi connectivity index (χ2v) is 7.42. The summed E-state index contributed by atoms with van der Waals surface area (Å²) in [5.41, 5.74) is 1.62. The van der Waals surface area contributed by atoms with Crippen molar-refractivity contribution in [1.29, 1.82) is 0 Å². The fourth-order valence-electron chi connectivity index (χ4n) is 1.92. The maximum atomic E-state index is 5.87. The molecule has 3 heteroatoms. The van der Waals surface area contributed by atoms with Gasteiger partial charge in [0, 0.05) is 23.2 Å². The van der Waals surface area contributed by atoms with Gasteiger partial charge >= 0.3 is 0 Å². The molecule has 1 rings (SSSR count). The zero-order valence-electron chi connectivity index (χ0n) is 14.6. The zero-order valence-corrected chi connectivity index (χ0v) is 14.6. The van der Waals surface area contributed by atoms with E-state index in [0.717, 1.165) is 31.0 Å². The van der Waals surface area contributed by atoms with Crippen molar-refractivity contribution in [3.63, 3.8) is 0 Å². The number of aryl methyl sites for hydroxylation is 1. The fourth-order valence-corrected chi connectivity index (χ4v) is 1.92. The molecule has 0 atom stereocenters. The Morgan fingerprint density at radius 1 is 1.20 bits per heavy atom. The van der Waals surface area contributed by atoms with Crippen LogP contribution in [-0.2, 0) is 13.1 Å². The largest absolute Gasteiger partial charge is 0.465 e. The van der Waals surface area contributed by atoms with Crippen LogP contribution in [0.5, 0.6) is 0 Å². The molecule has 0 spiro atoms. The Hall–Kier alpha value is -0.800. The van der Waals surface area contributed by atoms with Gasteiger partial charge in [0.15, 0.2) is 0 Å². The number of rotatable bonds is 6. The molecule has 0 amide bonds. The summed E-state index contributed by atoms with van der Waals surface area (Å²) in [6, 6.07) is 2.19. The van der Waals surface area contributed by atoms with E-state index in [-0.39, 0.29) is 11.1 Å². The van der Waals surface area contributed by atoms with Gasteiger partial charge in [-0.05, 0) is 61.1 Å². The van der Waals surface area contributed by atoms with Crippen LogP contribution in [0.1, 0.15) is 65.0 Å². The number of furan rings is 1. The Balaban J connectivity index is 2.71. The van der Waals surface area contributed by atoms with Crippen LogP contribution in [0.25, 0.3) is 0 Å². The van der Waals surface area contributed by atoms with E-state index >= 15 is 0 Å². The van der Waals surface area contributed by atoms with Crippen LogP contribution < -0.4 is 5.32 Å². The molecule has 1 aromatic heterocycles. The van der Waals surface area contributed by atoms with Gasteiger partial charge in [0.2, 0.25) is 0 Å². The van der Waals surface area contributed by atoms with E-state index in [1.807, 2.05) is 0 Å². The molecule has 0 unspecified atom stereocenters. The van der Waals surface area contributed by atoms with Crippen molar-refractivity contribution in [2.45, 2.75) is 79.1 Å². The van der Waals surface area contributed by atoms with Gasteiger partial charge in [0.25, 0.3) is 0 Å². The first-order valence-electron chi connectivity index (χ1n) is 7.59. The standard InChI is InChI=1S/C17H32N2O/c1-9-17(6,7)19(8)12-14-10-15(20-13(14)2)11-18-16(3,4)5/h10,18H,9,11-12H2,1-8H3. The average molecular weight is 280 g/mol. The first-order valence-corrected chi connectivity index (χ1v) is 7.59. The van der Waals surface area contributed by atoms with E-state index in [4.69, 9.17) is 4.42 Å².